The molecule has 2 aromatic rings. The van der Waals surface area contributed by atoms with Crippen molar-refractivity contribution < 1.29 is 23.8 Å². The summed E-state index contributed by atoms with van der Waals surface area (Å²) >= 11 is 5.65. The van der Waals surface area contributed by atoms with E-state index in [0.717, 1.165) is 5.56 Å². The number of nitrogens with one attached hydrogen (secondary N) is 1. The summed E-state index contributed by atoms with van der Waals surface area (Å²) in [6.45, 7) is 1.62. The Balaban J connectivity index is 1.52. The summed E-state index contributed by atoms with van der Waals surface area (Å²) in [5.74, 6) is 0.253. The second-order valence-corrected chi connectivity index (χ2v) is 5.73. The Morgan fingerprint density at radius 1 is 1.28 bits per heavy atom. The number of carbonyl (C=O) groups is 2. The third-order valence-electron chi connectivity index (χ3n) is 3.57. The largest absolute Gasteiger partial charge is 0.454 e. The van der Waals surface area contributed by atoms with Crippen LogP contribution in [0.2, 0.25) is 5.15 Å². The fourth-order valence-electron chi connectivity index (χ4n) is 2.26. The molecule has 1 atom stereocenters. The van der Waals surface area contributed by atoms with Crippen LogP contribution < -0.4 is 14.8 Å². The fraction of sp³-hybridized carbons (Fsp3) is 0.235. The number of hydrogen-bond donors (Lipinski definition) is 1. The van der Waals surface area contributed by atoms with E-state index in [2.05, 4.69) is 10.3 Å². The molecule has 25 heavy (non-hydrogen) atoms. The first-order valence-electron chi connectivity index (χ1n) is 7.50. The average molecular weight is 363 g/mol. The number of aromatic nitrogens is 1. The van der Waals surface area contributed by atoms with Gasteiger partial charge in [-0.25, -0.2) is 9.78 Å². The number of nitrogens with zero attached hydrogens (tertiary/aromatic N) is 1. The number of amides is 1. The summed E-state index contributed by atoms with van der Waals surface area (Å²) < 4.78 is 15.5. The second kappa shape index (κ2) is 7.40. The summed E-state index contributed by atoms with van der Waals surface area (Å²) in [6.07, 6.45) is 1.29. The molecule has 0 unspecified atom stereocenters. The van der Waals surface area contributed by atoms with E-state index in [1.165, 1.54) is 18.3 Å². The van der Waals surface area contributed by atoms with E-state index >= 15 is 0 Å². The Morgan fingerprint density at radius 2 is 2.08 bits per heavy atom. The van der Waals surface area contributed by atoms with Gasteiger partial charge in [0.25, 0.3) is 5.91 Å². The monoisotopic (exact) mass is 362 g/mol. The molecule has 2 heterocycles. The highest BCUT2D eigenvalue weighted by atomic mass is 35.5. The van der Waals surface area contributed by atoms with Crippen LogP contribution in [0.3, 0.4) is 0 Å². The zero-order valence-electron chi connectivity index (χ0n) is 13.3. The predicted molar refractivity (Wildman–Crippen MR) is 88.7 cm³/mol. The number of rotatable bonds is 5. The van der Waals surface area contributed by atoms with Crippen LogP contribution in [0.15, 0.2) is 36.5 Å². The van der Waals surface area contributed by atoms with E-state index in [-0.39, 0.29) is 23.6 Å². The van der Waals surface area contributed by atoms with Crippen molar-refractivity contribution in [1.29, 1.82) is 0 Å². The molecule has 0 fully saturated rings. The minimum Gasteiger partial charge on any atom is -0.454 e. The molecule has 0 aliphatic carbocycles. The van der Waals surface area contributed by atoms with Crippen LogP contribution in [0.4, 0.5) is 0 Å². The lowest BCUT2D eigenvalue weighted by atomic mass is 10.1. The van der Waals surface area contributed by atoms with Crippen molar-refractivity contribution in [2.24, 2.45) is 0 Å². The van der Waals surface area contributed by atoms with Gasteiger partial charge in [0.15, 0.2) is 18.1 Å². The van der Waals surface area contributed by atoms with Gasteiger partial charge in [-0.3, -0.25) is 4.79 Å². The lowest BCUT2D eigenvalue weighted by Gasteiger charge is -2.15. The van der Waals surface area contributed by atoms with Gasteiger partial charge >= 0.3 is 5.97 Å². The first-order valence-corrected chi connectivity index (χ1v) is 7.88. The van der Waals surface area contributed by atoms with Crippen molar-refractivity contribution in [2.75, 3.05) is 13.4 Å². The number of hydrogen-bond acceptors (Lipinski definition) is 6. The maximum atomic E-state index is 12.0. The minimum absolute atomic E-state index is 0.190. The zero-order chi connectivity index (χ0) is 17.8. The number of fused-ring (bicyclic) bond motifs is 1. The lowest BCUT2D eigenvalue weighted by Crippen LogP contribution is -2.31. The Kier molecular flexibility index (Phi) is 5.04. The number of ether oxygens (including phenoxy) is 3. The summed E-state index contributed by atoms with van der Waals surface area (Å²) in [5.41, 5.74) is 1.08. The zero-order valence-corrected chi connectivity index (χ0v) is 14.1. The molecule has 8 heteroatoms. The van der Waals surface area contributed by atoms with Crippen LogP contribution in [0.5, 0.6) is 11.5 Å². The topological polar surface area (TPSA) is 86.8 Å². The van der Waals surface area contributed by atoms with Gasteiger partial charge in [0, 0.05) is 6.20 Å². The molecule has 1 aromatic carbocycles. The van der Waals surface area contributed by atoms with Crippen LogP contribution in [0.1, 0.15) is 28.9 Å². The highest BCUT2D eigenvalue weighted by molar-refractivity contribution is 6.29. The molecule has 0 saturated carbocycles. The number of pyridine rings is 1. The third kappa shape index (κ3) is 4.19. The summed E-state index contributed by atoms with van der Waals surface area (Å²) in [5, 5.41) is 3.02. The first kappa shape index (κ1) is 17.0. The Morgan fingerprint density at radius 3 is 2.84 bits per heavy atom. The summed E-state index contributed by atoms with van der Waals surface area (Å²) in [7, 11) is 0. The molecule has 1 aliphatic heterocycles. The maximum Gasteiger partial charge on any atom is 0.340 e. The number of benzene rings is 1. The molecule has 0 radical (unpaired) electrons. The standard InChI is InChI=1S/C17H15ClN2O5/c1-10(11-2-4-13-14(6-11)25-9-24-13)20-16(21)8-23-17(22)12-3-5-15(18)19-7-12/h2-7,10H,8-9H2,1H3,(H,20,21)/t10-/m0/s1. The average Bonchev–Trinajstić information content (AvgIpc) is 3.08. The lowest BCUT2D eigenvalue weighted by molar-refractivity contribution is -0.124. The number of carbonyl (C=O) groups excluding carboxylic acids is 2. The molecule has 0 saturated heterocycles. The van der Waals surface area contributed by atoms with Crippen LogP contribution >= 0.6 is 11.6 Å². The molecule has 0 bridgehead atoms. The van der Waals surface area contributed by atoms with Gasteiger partial charge in [0.1, 0.15) is 5.15 Å². The summed E-state index contributed by atoms with van der Waals surface area (Å²) in [6, 6.07) is 8.10. The van der Waals surface area contributed by atoms with Gasteiger partial charge in [0.2, 0.25) is 6.79 Å². The van der Waals surface area contributed by atoms with Gasteiger partial charge < -0.3 is 19.5 Å². The maximum absolute atomic E-state index is 12.0. The molecule has 1 aromatic heterocycles. The first-order chi connectivity index (χ1) is 12.0. The third-order valence-corrected chi connectivity index (χ3v) is 3.80. The second-order valence-electron chi connectivity index (χ2n) is 5.35. The number of halogens is 1. The fourth-order valence-corrected chi connectivity index (χ4v) is 2.37. The quantitative estimate of drug-likeness (QED) is 0.649. The Bertz CT molecular complexity index is 794. The van der Waals surface area contributed by atoms with E-state index in [1.54, 1.807) is 12.1 Å². The van der Waals surface area contributed by atoms with Gasteiger partial charge in [-0.05, 0) is 36.8 Å². The van der Waals surface area contributed by atoms with E-state index in [1.807, 2.05) is 13.0 Å². The Hall–Kier alpha value is -2.80. The van der Waals surface area contributed by atoms with Gasteiger partial charge in [-0.1, -0.05) is 17.7 Å². The molecule has 1 aliphatic rings. The van der Waals surface area contributed by atoms with Gasteiger partial charge in [0.05, 0.1) is 11.6 Å². The SMILES string of the molecule is C[C@H](NC(=O)COC(=O)c1ccc(Cl)nc1)c1ccc2c(c1)OCO2. The van der Waals surface area contributed by atoms with Crippen molar-refractivity contribution in [3.63, 3.8) is 0 Å². The van der Waals surface area contributed by atoms with E-state index in [4.69, 9.17) is 25.8 Å². The highest BCUT2D eigenvalue weighted by Gasteiger charge is 2.17. The molecular weight excluding hydrogens is 348 g/mol. The van der Waals surface area contributed by atoms with Crippen molar-refractivity contribution in [3.8, 4) is 11.5 Å². The van der Waals surface area contributed by atoms with Crippen LogP contribution in [0, 0.1) is 0 Å². The smallest absolute Gasteiger partial charge is 0.340 e. The molecule has 7 nitrogen and oxygen atoms in total. The van der Waals surface area contributed by atoms with Crippen molar-refractivity contribution in [2.45, 2.75) is 13.0 Å². The molecule has 130 valence electrons. The van der Waals surface area contributed by atoms with Gasteiger partial charge in [-0.15, -0.1) is 0 Å². The highest BCUT2D eigenvalue weighted by Crippen LogP contribution is 2.34. The predicted octanol–water partition coefficient (Wildman–Crippen LogP) is 2.50. The van der Waals surface area contributed by atoms with Crippen molar-refractivity contribution >= 4 is 23.5 Å². The van der Waals surface area contributed by atoms with Crippen LogP contribution in [-0.2, 0) is 9.53 Å². The minimum atomic E-state index is -0.643. The molecular formula is C17H15ClN2O5. The van der Waals surface area contributed by atoms with Crippen LogP contribution in [0.25, 0.3) is 0 Å². The number of esters is 1. The molecule has 0 spiro atoms. The van der Waals surface area contributed by atoms with Crippen LogP contribution in [-0.4, -0.2) is 30.3 Å². The Labute approximate surface area is 148 Å². The van der Waals surface area contributed by atoms with E-state index < -0.39 is 18.5 Å². The molecule has 1 N–H and O–H groups in total. The van der Waals surface area contributed by atoms with E-state index in [9.17, 15) is 9.59 Å². The molecule has 1 amide bonds. The van der Waals surface area contributed by atoms with Crippen molar-refractivity contribution in [1.82, 2.24) is 10.3 Å². The summed E-state index contributed by atoms with van der Waals surface area (Å²) in [4.78, 5) is 27.6. The molecule has 3 rings (SSSR count). The van der Waals surface area contributed by atoms with Gasteiger partial charge in [-0.2, -0.15) is 0 Å². The van der Waals surface area contributed by atoms with Crippen molar-refractivity contribution in [3.05, 3.63) is 52.8 Å². The van der Waals surface area contributed by atoms with E-state index in [0.29, 0.717) is 11.5 Å². The normalized spacial score (nSPS) is 13.2.